The van der Waals surface area contributed by atoms with Gasteiger partial charge in [-0.3, -0.25) is 4.90 Å². The molecule has 0 amide bonds. The number of aromatic nitrogens is 2. The predicted octanol–water partition coefficient (Wildman–Crippen LogP) is 2.16. The van der Waals surface area contributed by atoms with Gasteiger partial charge in [-0.25, -0.2) is 4.98 Å². The molecule has 2 rings (SSSR count). The molecule has 0 saturated heterocycles. The Balaban J connectivity index is 1.96. The fourth-order valence-corrected chi connectivity index (χ4v) is 2.28. The summed E-state index contributed by atoms with van der Waals surface area (Å²) < 4.78 is 2.06. The molecule has 0 aliphatic rings. The third-order valence-electron chi connectivity index (χ3n) is 3.09. The SMILES string of the molecule is CC(C)(O)CN(CCn1ccnc1)Cc1ccccc1. The molecular formula is C16H23N3O. The number of rotatable bonds is 7. The van der Waals surface area contributed by atoms with Gasteiger partial charge in [0.2, 0.25) is 0 Å². The molecule has 0 aliphatic carbocycles. The summed E-state index contributed by atoms with van der Waals surface area (Å²) in [5.74, 6) is 0. The number of nitrogens with zero attached hydrogens (tertiary/aromatic N) is 3. The second-order valence-electron chi connectivity index (χ2n) is 5.81. The van der Waals surface area contributed by atoms with E-state index >= 15 is 0 Å². The zero-order valence-electron chi connectivity index (χ0n) is 12.2. The van der Waals surface area contributed by atoms with Crippen molar-refractivity contribution >= 4 is 0 Å². The highest BCUT2D eigenvalue weighted by atomic mass is 16.3. The lowest BCUT2D eigenvalue weighted by Gasteiger charge is -2.29. The van der Waals surface area contributed by atoms with E-state index < -0.39 is 5.60 Å². The van der Waals surface area contributed by atoms with Gasteiger partial charge >= 0.3 is 0 Å². The Bertz CT molecular complexity index is 488. The minimum atomic E-state index is -0.691. The molecule has 1 heterocycles. The Morgan fingerprint density at radius 3 is 2.60 bits per heavy atom. The first-order valence-electron chi connectivity index (χ1n) is 6.97. The van der Waals surface area contributed by atoms with E-state index in [4.69, 9.17) is 0 Å². The van der Waals surface area contributed by atoms with Crippen LogP contribution in [0.2, 0.25) is 0 Å². The molecule has 4 heteroatoms. The quantitative estimate of drug-likeness (QED) is 0.840. The summed E-state index contributed by atoms with van der Waals surface area (Å²) >= 11 is 0. The Morgan fingerprint density at radius 2 is 2.00 bits per heavy atom. The zero-order chi connectivity index (χ0) is 14.4. The van der Waals surface area contributed by atoms with Crippen LogP contribution in [0.1, 0.15) is 19.4 Å². The molecule has 0 saturated carbocycles. The van der Waals surface area contributed by atoms with Crippen LogP contribution in [0.5, 0.6) is 0 Å². The van der Waals surface area contributed by atoms with Crippen molar-refractivity contribution in [1.82, 2.24) is 14.5 Å². The van der Waals surface area contributed by atoms with Crippen LogP contribution in [-0.2, 0) is 13.1 Å². The number of benzene rings is 1. The van der Waals surface area contributed by atoms with Crippen LogP contribution >= 0.6 is 0 Å². The Morgan fingerprint density at radius 1 is 1.25 bits per heavy atom. The molecule has 0 bridgehead atoms. The van der Waals surface area contributed by atoms with Gasteiger partial charge in [-0.15, -0.1) is 0 Å². The van der Waals surface area contributed by atoms with Gasteiger partial charge in [-0.1, -0.05) is 30.3 Å². The minimum Gasteiger partial charge on any atom is -0.389 e. The molecule has 0 fully saturated rings. The molecule has 0 spiro atoms. The van der Waals surface area contributed by atoms with Gasteiger partial charge in [0.15, 0.2) is 0 Å². The Hall–Kier alpha value is -1.65. The van der Waals surface area contributed by atoms with Crippen molar-refractivity contribution in [2.75, 3.05) is 13.1 Å². The molecule has 2 aromatic rings. The standard InChI is InChI=1S/C16H23N3O/c1-16(2,20)13-19(11-10-18-9-8-17-14-18)12-15-6-4-3-5-7-15/h3-9,14,20H,10-13H2,1-2H3. The van der Waals surface area contributed by atoms with Crippen LogP contribution in [0.25, 0.3) is 0 Å². The van der Waals surface area contributed by atoms with Crippen LogP contribution in [-0.4, -0.2) is 38.2 Å². The van der Waals surface area contributed by atoms with Gasteiger partial charge in [0, 0.05) is 38.6 Å². The van der Waals surface area contributed by atoms with Crippen molar-refractivity contribution in [2.24, 2.45) is 0 Å². The van der Waals surface area contributed by atoms with Gasteiger partial charge in [0.1, 0.15) is 0 Å². The van der Waals surface area contributed by atoms with Gasteiger partial charge in [-0.05, 0) is 19.4 Å². The Kier molecular flexibility index (Phi) is 4.93. The average Bonchev–Trinajstić information content (AvgIpc) is 2.88. The molecule has 1 aromatic heterocycles. The fourth-order valence-electron chi connectivity index (χ4n) is 2.28. The Labute approximate surface area is 120 Å². The molecular weight excluding hydrogens is 250 g/mol. The summed E-state index contributed by atoms with van der Waals surface area (Å²) in [4.78, 5) is 6.33. The highest BCUT2D eigenvalue weighted by molar-refractivity contribution is 5.14. The summed E-state index contributed by atoms with van der Waals surface area (Å²) in [5.41, 5.74) is 0.575. The summed E-state index contributed by atoms with van der Waals surface area (Å²) in [6.07, 6.45) is 5.58. The normalized spacial score (nSPS) is 12.0. The van der Waals surface area contributed by atoms with E-state index in [2.05, 4.69) is 26.6 Å². The lowest BCUT2D eigenvalue weighted by atomic mass is 10.1. The van der Waals surface area contributed by atoms with Crippen molar-refractivity contribution < 1.29 is 5.11 Å². The minimum absolute atomic E-state index is 0.649. The fraction of sp³-hybridized carbons (Fsp3) is 0.438. The van der Waals surface area contributed by atoms with E-state index in [0.29, 0.717) is 6.54 Å². The van der Waals surface area contributed by atoms with Gasteiger partial charge in [-0.2, -0.15) is 0 Å². The van der Waals surface area contributed by atoms with Crippen molar-refractivity contribution in [2.45, 2.75) is 32.5 Å². The zero-order valence-corrected chi connectivity index (χ0v) is 12.2. The molecule has 4 nitrogen and oxygen atoms in total. The maximum Gasteiger partial charge on any atom is 0.0946 e. The van der Waals surface area contributed by atoms with Crippen LogP contribution in [0.4, 0.5) is 0 Å². The first-order chi connectivity index (χ1) is 9.53. The van der Waals surface area contributed by atoms with E-state index in [0.717, 1.165) is 19.6 Å². The molecule has 0 aliphatic heterocycles. The van der Waals surface area contributed by atoms with Crippen LogP contribution in [0.15, 0.2) is 49.1 Å². The molecule has 1 aromatic carbocycles. The van der Waals surface area contributed by atoms with Gasteiger partial charge < -0.3 is 9.67 Å². The number of hydrogen-bond acceptors (Lipinski definition) is 3. The molecule has 0 unspecified atom stereocenters. The smallest absolute Gasteiger partial charge is 0.0946 e. The van der Waals surface area contributed by atoms with E-state index in [9.17, 15) is 5.11 Å². The third-order valence-corrected chi connectivity index (χ3v) is 3.09. The van der Waals surface area contributed by atoms with E-state index in [-0.39, 0.29) is 0 Å². The highest BCUT2D eigenvalue weighted by Crippen LogP contribution is 2.10. The first kappa shape index (κ1) is 14.8. The van der Waals surface area contributed by atoms with Crippen LogP contribution < -0.4 is 0 Å². The molecule has 108 valence electrons. The van der Waals surface area contributed by atoms with E-state index in [1.165, 1.54) is 5.56 Å². The van der Waals surface area contributed by atoms with Gasteiger partial charge in [0.05, 0.1) is 11.9 Å². The van der Waals surface area contributed by atoms with E-state index in [1.54, 1.807) is 6.20 Å². The highest BCUT2D eigenvalue weighted by Gasteiger charge is 2.18. The second-order valence-corrected chi connectivity index (χ2v) is 5.81. The van der Waals surface area contributed by atoms with Crippen molar-refractivity contribution in [1.29, 1.82) is 0 Å². The van der Waals surface area contributed by atoms with E-state index in [1.807, 2.05) is 44.6 Å². The monoisotopic (exact) mass is 273 g/mol. The van der Waals surface area contributed by atoms with Crippen molar-refractivity contribution in [3.8, 4) is 0 Å². The topological polar surface area (TPSA) is 41.3 Å². The summed E-state index contributed by atoms with van der Waals surface area (Å²) in [5, 5.41) is 10.1. The second kappa shape index (κ2) is 6.68. The van der Waals surface area contributed by atoms with Crippen molar-refractivity contribution in [3.05, 3.63) is 54.6 Å². The van der Waals surface area contributed by atoms with Crippen LogP contribution in [0.3, 0.4) is 0 Å². The number of imidazole rings is 1. The van der Waals surface area contributed by atoms with Crippen LogP contribution in [0, 0.1) is 0 Å². The molecule has 0 radical (unpaired) electrons. The molecule has 20 heavy (non-hydrogen) atoms. The molecule has 1 N–H and O–H groups in total. The maximum atomic E-state index is 10.1. The average molecular weight is 273 g/mol. The van der Waals surface area contributed by atoms with Gasteiger partial charge in [0.25, 0.3) is 0 Å². The summed E-state index contributed by atoms with van der Waals surface area (Å²) in [6.45, 7) is 6.96. The van der Waals surface area contributed by atoms with Crippen molar-refractivity contribution in [3.63, 3.8) is 0 Å². The summed E-state index contributed by atoms with van der Waals surface area (Å²) in [6, 6.07) is 10.4. The lowest BCUT2D eigenvalue weighted by molar-refractivity contribution is 0.0323. The molecule has 0 atom stereocenters. The third kappa shape index (κ3) is 5.15. The number of hydrogen-bond donors (Lipinski definition) is 1. The predicted molar refractivity (Wildman–Crippen MR) is 80.2 cm³/mol. The summed E-state index contributed by atoms with van der Waals surface area (Å²) in [7, 11) is 0. The lowest BCUT2D eigenvalue weighted by Crippen LogP contribution is -2.39. The number of aliphatic hydroxyl groups is 1. The maximum absolute atomic E-state index is 10.1. The first-order valence-corrected chi connectivity index (χ1v) is 6.97. The largest absolute Gasteiger partial charge is 0.389 e.